The summed E-state index contributed by atoms with van der Waals surface area (Å²) in [4.78, 5) is 13.3. The molecule has 1 aromatic rings. The van der Waals surface area contributed by atoms with Crippen LogP contribution in [0.5, 0.6) is 0 Å². The van der Waals surface area contributed by atoms with E-state index in [4.69, 9.17) is 5.73 Å². The van der Waals surface area contributed by atoms with Crippen molar-refractivity contribution in [1.29, 1.82) is 0 Å². The average molecular weight is 311 g/mol. The topological polar surface area (TPSA) is 92.5 Å². The number of hydrogen-bond acceptors (Lipinski definition) is 4. The van der Waals surface area contributed by atoms with Gasteiger partial charge in [0.15, 0.2) is 0 Å². The van der Waals surface area contributed by atoms with E-state index >= 15 is 0 Å². The number of nitrogens with one attached hydrogen (secondary N) is 1. The largest absolute Gasteiger partial charge is 0.398 e. The predicted molar refractivity (Wildman–Crippen MR) is 81.2 cm³/mol. The Balaban J connectivity index is 2.08. The van der Waals surface area contributed by atoms with Crippen molar-refractivity contribution < 1.29 is 13.2 Å². The number of nitrogen functional groups attached to an aromatic ring is 1. The van der Waals surface area contributed by atoms with Crippen LogP contribution in [0.3, 0.4) is 0 Å². The van der Waals surface area contributed by atoms with Crippen LogP contribution in [0.4, 0.5) is 5.69 Å². The van der Waals surface area contributed by atoms with Gasteiger partial charge in [-0.25, -0.2) is 13.1 Å². The predicted octanol–water partition coefficient (Wildman–Crippen LogP) is 0.866. The van der Waals surface area contributed by atoms with E-state index in [1.807, 2.05) is 6.92 Å². The van der Waals surface area contributed by atoms with Gasteiger partial charge in [-0.15, -0.1) is 0 Å². The summed E-state index contributed by atoms with van der Waals surface area (Å²) in [5.41, 5.74) is 6.92. The number of carbonyl (C=O) groups excluding carboxylic acids is 1. The Morgan fingerprint density at radius 1 is 1.43 bits per heavy atom. The van der Waals surface area contributed by atoms with Crippen molar-refractivity contribution in [3.8, 4) is 0 Å². The van der Waals surface area contributed by atoms with E-state index in [1.165, 1.54) is 6.07 Å². The number of amides is 1. The van der Waals surface area contributed by atoms with Crippen LogP contribution in [0.15, 0.2) is 23.1 Å². The molecule has 21 heavy (non-hydrogen) atoms. The number of hydrogen-bond donors (Lipinski definition) is 2. The summed E-state index contributed by atoms with van der Waals surface area (Å²) in [7, 11) is -3.68. The first kappa shape index (κ1) is 15.8. The van der Waals surface area contributed by atoms with E-state index < -0.39 is 10.0 Å². The molecular formula is C14H21N3O3S. The van der Waals surface area contributed by atoms with Gasteiger partial charge < -0.3 is 10.6 Å². The third-order valence-corrected chi connectivity index (χ3v) is 5.14. The van der Waals surface area contributed by atoms with E-state index in [0.717, 1.165) is 12.0 Å². The Bertz CT molecular complexity index is 643. The summed E-state index contributed by atoms with van der Waals surface area (Å²) in [5, 5.41) is 0. The van der Waals surface area contributed by atoms with Gasteiger partial charge in [-0.05, 0) is 38.0 Å². The highest BCUT2D eigenvalue weighted by molar-refractivity contribution is 7.89. The Kier molecular flexibility index (Phi) is 4.53. The lowest BCUT2D eigenvalue weighted by atomic mass is 10.2. The second-order valence-electron chi connectivity index (χ2n) is 5.51. The lowest BCUT2D eigenvalue weighted by Crippen LogP contribution is -2.42. The minimum atomic E-state index is -3.68. The number of rotatable bonds is 5. The first-order chi connectivity index (χ1) is 9.79. The van der Waals surface area contributed by atoms with Gasteiger partial charge in [0, 0.05) is 25.6 Å². The molecule has 1 amide bonds. The molecule has 1 fully saturated rings. The summed E-state index contributed by atoms with van der Waals surface area (Å²) in [5.74, 6) is 0.0795. The van der Waals surface area contributed by atoms with E-state index in [1.54, 1.807) is 24.0 Å². The summed E-state index contributed by atoms with van der Waals surface area (Å²) < 4.78 is 27.2. The average Bonchev–Trinajstić information content (AvgIpc) is 2.73. The molecule has 1 aliphatic rings. The highest BCUT2D eigenvalue weighted by Crippen LogP contribution is 2.20. The van der Waals surface area contributed by atoms with Crippen LogP contribution in [0.1, 0.15) is 25.3 Å². The maximum atomic E-state index is 12.3. The number of benzene rings is 1. The summed E-state index contributed by atoms with van der Waals surface area (Å²) in [6.07, 6.45) is 1.38. The van der Waals surface area contributed by atoms with E-state index in [2.05, 4.69) is 4.72 Å². The van der Waals surface area contributed by atoms with Gasteiger partial charge >= 0.3 is 0 Å². The summed E-state index contributed by atoms with van der Waals surface area (Å²) in [6, 6.07) is 4.47. The lowest BCUT2D eigenvalue weighted by molar-refractivity contribution is -0.127. The molecule has 2 rings (SSSR count). The zero-order chi connectivity index (χ0) is 15.6. The smallest absolute Gasteiger partial charge is 0.242 e. The fraction of sp³-hybridized carbons (Fsp3) is 0.500. The second-order valence-corrected chi connectivity index (χ2v) is 7.19. The normalized spacial score (nSPS) is 17.2. The molecule has 1 heterocycles. The highest BCUT2D eigenvalue weighted by Gasteiger charge is 2.25. The van der Waals surface area contributed by atoms with Gasteiger partial charge in [-0.2, -0.15) is 0 Å². The van der Waals surface area contributed by atoms with Gasteiger partial charge in [-0.3, -0.25) is 4.79 Å². The van der Waals surface area contributed by atoms with Crippen LogP contribution < -0.4 is 10.5 Å². The Hall–Kier alpha value is -1.60. The third-order valence-electron chi connectivity index (χ3n) is 3.48. The van der Waals surface area contributed by atoms with Crippen LogP contribution in [0.25, 0.3) is 0 Å². The molecule has 7 heteroatoms. The highest BCUT2D eigenvalue weighted by atomic mass is 32.2. The molecule has 1 unspecified atom stereocenters. The van der Waals surface area contributed by atoms with Crippen molar-refractivity contribution in [1.82, 2.24) is 9.62 Å². The molecule has 1 aromatic carbocycles. The quantitative estimate of drug-likeness (QED) is 0.789. The monoisotopic (exact) mass is 311 g/mol. The zero-order valence-corrected chi connectivity index (χ0v) is 13.1. The summed E-state index contributed by atoms with van der Waals surface area (Å²) >= 11 is 0. The number of aryl methyl sites for hydroxylation is 1. The fourth-order valence-corrected chi connectivity index (χ4v) is 3.85. The van der Waals surface area contributed by atoms with Gasteiger partial charge in [0.1, 0.15) is 4.90 Å². The van der Waals surface area contributed by atoms with Crippen LogP contribution in [-0.4, -0.2) is 38.4 Å². The number of carbonyl (C=O) groups is 1. The fourth-order valence-electron chi connectivity index (χ4n) is 2.51. The van der Waals surface area contributed by atoms with Gasteiger partial charge in [-0.1, -0.05) is 6.07 Å². The minimum absolute atomic E-state index is 0.0766. The molecule has 3 N–H and O–H groups in total. The van der Waals surface area contributed by atoms with Crippen LogP contribution >= 0.6 is 0 Å². The number of sulfonamides is 1. The van der Waals surface area contributed by atoms with Crippen LogP contribution in [0.2, 0.25) is 0 Å². The Morgan fingerprint density at radius 2 is 2.14 bits per heavy atom. The van der Waals surface area contributed by atoms with E-state index in [-0.39, 0.29) is 22.5 Å². The molecule has 0 saturated carbocycles. The maximum Gasteiger partial charge on any atom is 0.242 e. The minimum Gasteiger partial charge on any atom is -0.398 e. The van der Waals surface area contributed by atoms with Gasteiger partial charge in [0.2, 0.25) is 15.9 Å². The molecule has 0 radical (unpaired) electrons. The molecule has 1 atom stereocenters. The van der Waals surface area contributed by atoms with Crippen molar-refractivity contribution in [3.05, 3.63) is 23.8 Å². The van der Waals surface area contributed by atoms with Crippen molar-refractivity contribution in [2.45, 2.75) is 37.6 Å². The molecule has 0 aliphatic carbocycles. The van der Waals surface area contributed by atoms with Crippen LogP contribution in [-0.2, 0) is 14.8 Å². The van der Waals surface area contributed by atoms with Crippen molar-refractivity contribution in [2.24, 2.45) is 0 Å². The van der Waals surface area contributed by atoms with Crippen molar-refractivity contribution in [3.63, 3.8) is 0 Å². The lowest BCUT2D eigenvalue weighted by Gasteiger charge is -2.22. The van der Waals surface area contributed by atoms with Gasteiger partial charge in [0.05, 0.1) is 5.69 Å². The van der Waals surface area contributed by atoms with Crippen LogP contribution in [0, 0.1) is 6.92 Å². The standard InChI is InChI=1S/C14H21N3O3S/c1-10-5-6-13(12(15)8-10)21(19,20)16-11(2)9-17-7-3-4-14(17)18/h5-6,8,11,16H,3-4,7,9,15H2,1-2H3. The molecule has 6 nitrogen and oxygen atoms in total. The maximum absolute atomic E-state index is 12.3. The molecule has 116 valence electrons. The Labute approximate surface area is 125 Å². The summed E-state index contributed by atoms with van der Waals surface area (Å²) in [6.45, 7) is 4.66. The molecular weight excluding hydrogens is 290 g/mol. The van der Waals surface area contributed by atoms with E-state index in [9.17, 15) is 13.2 Å². The molecule has 0 bridgehead atoms. The zero-order valence-electron chi connectivity index (χ0n) is 12.3. The third kappa shape index (κ3) is 3.74. The Morgan fingerprint density at radius 3 is 2.71 bits per heavy atom. The number of likely N-dealkylation sites (tertiary alicyclic amines) is 1. The van der Waals surface area contributed by atoms with E-state index in [0.29, 0.717) is 19.5 Å². The second kappa shape index (κ2) is 6.03. The first-order valence-electron chi connectivity index (χ1n) is 6.96. The molecule has 0 spiro atoms. The van der Waals surface area contributed by atoms with Gasteiger partial charge in [0.25, 0.3) is 0 Å². The molecule has 1 aliphatic heterocycles. The molecule has 0 aromatic heterocycles. The number of anilines is 1. The van der Waals surface area contributed by atoms with Crippen molar-refractivity contribution >= 4 is 21.6 Å². The molecule has 1 saturated heterocycles. The first-order valence-corrected chi connectivity index (χ1v) is 8.44. The number of nitrogens with two attached hydrogens (primary N) is 1. The number of nitrogens with zero attached hydrogens (tertiary/aromatic N) is 1. The SMILES string of the molecule is Cc1ccc(S(=O)(=O)NC(C)CN2CCCC2=O)c(N)c1. The van der Waals surface area contributed by atoms with Crippen molar-refractivity contribution in [2.75, 3.05) is 18.8 Å².